The van der Waals surface area contributed by atoms with Crippen molar-refractivity contribution in [3.05, 3.63) is 0 Å². The Hall–Kier alpha value is -1.50. The van der Waals surface area contributed by atoms with Crippen LogP contribution in [0.5, 0.6) is 0 Å². The van der Waals surface area contributed by atoms with Gasteiger partial charge in [0.1, 0.15) is 0 Å². The molecule has 0 aliphatic rings. The third-order valence-corrected chi connectivity index (χ3v) is 1.86. The van der Waals surface area contributed by atoms with Crippen molar-refractivity contribution < 1.29 is 62.3 Å². The number of Topliss-reactive ketones (excluding diaryl/α,β-unsaturated/α-hetero) is 2. The third kappa shape index (κ3) is 3.07. The highest BCUT2D eigenvalue weighted by molar-refractivity contribution is 6.13. The van der Waals surface area contributed by atoms with E-state index in [-0.39, 0.29) is 0 Å². The van der Waals surface area contributed by atoms with Gasteiger partial charge in [0.2, 0.25) is 0 Å². The molecule has 0 fully saturated rings. The van der Waals surface area contributed by atoms with Crippen molar-refractivity contribution in [2.45, 2.75) is 30.1 Å². The van der Waals surface area contributed by atoms with Crippen LogP contribution in [0.25, 0.3) is 0 Å². The highest BCUT2D eigenvalue weighted by Crippen LogP contribution is 2.49. The Morgan fingerprint density at radius 3 is 1.14 bits per heavy atom. The molecule has 0 bridgehead atoms. The first-order valence-electron chi connectivity index (χ1n) is 4.18. The molecule has 0 aliphatic heterocycles. The lowest BCUT2D eigenvalue weighted by atomic mass is 9.98. The number of ketones is 2. The van der Waals surface area contributed by atoms with E-state index in [0.29, 0.717) is 0 Å². The summed E-state index contributed by atoms with van der Waals surface area (Å²) >= 11 is 0. The van der Waals surface area contributed by atoms with Crippen molar-refractivity contribution in [1.82, 2.24) is 0 Å². The summed E-state index contributed by atoms with van der Waals surface area (Å²) in [6, 6.07) is 0. The van der Waals surface area contributed by atoms with E-state index in [1.807, 2.05) is 0 Å². The van der Waals surface area contributed by atoms with Crippen LogP contribution in [0.4, 0.5) is 52.7 Å². The average Bonchev–Trinajstić information content (AvgIpc) is 2.23. The fourth-order valence-electron chi connectivity index (χ4n) is 0.799. The highest BCUT2D eigenvalue weighted by Gasteiger charge is 2.80. The molecule has 0 unspecified atom stereocenters. The molecule has 0 atom stereocenters. The molecule has 0 saturated carbocycles. The maximum absolute atomic E-state index is 12.5. The molecule has 0 radical (unpaired) electrons. The predicted octanol–water partition coefficient (Wildman–Crippen LogP) is 3.16. The van der Waals surface area contributed by atoms with Crippen molar-refractivity contribution in [2.75, 3.05) is 0 Å². The van der Waals surface area contributed by atoms with Gasteiger partial charge < -0.3 is 0 Å². The lowest BCUT2D eigenvalue weighted by molar-refractivity contribution is -0.346. The fraction of sp³-hybridized carbons (Fsp3) is 0.714. The molecule has 2 nitrogen and oxygen atoms in total. The van der Waals surface area contributed by atoms with Crippen LogP contribution in [0, 0.1) is 0 Å². The smallest absolute Gasteiger partial charge is 0.285 e. The molecule has 0 spiro atoms. The molecule has 0 aliphatic carbocycles. The zero-order chi connectivity index (χ0) is 17.7. The molecule has 0 heterocycles. The first-order chi connectivity index (χ1) is 8.81. The monoisotopic (exact) mass is 344 g/mol. The Morgan fingerprint density at radius 1 is 0.571 bits per heavy atom. The van der Waals surface area contributed by atoms with Gasteiger partial charge in [-0.3, -0.25) is 9.59 Å². The number of hydrogen-bond donors (Lipinski definition) is 0. The number of alkyl halides is 12. The van der Waals surface area contributed by atoms with E-state index in [0.717, 1.165) is 0 Å². The number of rotatable bonds is 4. The number of carbonyl (C=O) groups is 2. The molecule has 0 aromatic heterocycles. The summed E-state index contributed by atoms with van der Waals surface area (Å²) in [5, 5.41) is 0. The zero-order valence-corrected chi connectivity index (χ0v) is 8.85. The standard InChI is InChI=1S/C7F12O2/c8-3(9,2(21)5(12,13)14)1(20)4(10,11)6(15,16)7(17,18)19. The van der Waals surface area contributed by atoms with Crippen LogP contribution < -0.4 is 0 Å². The van der Waals surface area contributed by atoms with Crippen LogP contribution in [0.15, 0.2) is 0 Å². The second kappa shape index (κ2) is 4.76. The minimum Gasteiger partial charge on any atom is -0.285 e. The van der Waals surface area contributed by atoms with Gasteiger partial charge in [-0.15, -0.1) is 0 Å². The lowest BCUT2D eigenvalue weighted by Gasteiger charge is -2.29. The Morgan fingerprint density at radius 2 is 0.905 bits per heavy atom. The molecule has 0 aromatic carbocycles. The summed E-state index contributed by atoms with van der Waals surface area (Å²) in [7, 11) is 0. The molecule has 0 saturated heterocycles. The van der Waals surface area contributed by atoms with Gasteiger partial charge in [-0.25, -0.2) is 0 Å². The van der Waals surface area contributed by atoms with Crippen molar-refractivity contribution in [3.8, 4) is 0 Å². The maximum Gasteiger partial charge on any atom is 0.460 e. The van der Waals surface area contributed by atoms with Crippen LogP contribution in [0.1, 0.15) is 0 Å². The molecule has 0 aromatic rings. The van der Waals surface area contributed by atoms with Gasteiger partial charge >= 0.3 is 35.9 Å². The van der Waals surface area contributed by atoms with E-state index in [4.69, 9.17) is 0 Å². The van der Waals surface area contributed by atoms with Crippen LogP contribution in [-0.2, 0) is 9.59 Å². The fourth-order valence-corrected chi connectivity index (χ4v) is 0.799. The average molecular weight is 344 g/mol. The lowest BCUT2D eigenvalue weighted by Crippen LogP contribution is -2.62. The number of carbonyl (C=O) groups excluding carboxylic acids is 2. The Bertz CT molecular complexity index is 442. The van der Waals surface area contributed by atoms with Gasteiger partial charge in [0.05, 0.1) is 0 Å². The van der Waals surface area contributed by atoms with Crippen molar-refractivity contribution in [1.29, 1.82) is 0 Å². The SMILES string of the molecule is O=C(C(F)(F)F)C(F)(F)C(=O)C(F)(F)C(F)(F)C(F)(F)F. The number of hydrogen-bond acceptors (Lipinski definition) is 2. The first kappa shape index (κ1) is 19.5. The molecule has 0 N–H and O–H groups in total. The van der Waals surface area contributed by atoms with Gasteiger partial charge in [-0.2, -0.15) is 52.7 Å². The molecule has 21 heavy (non-hydrogen) atoms. The quantitative estimate of drug-likeness (QED) is 0.580. The van der Waals surface area contributed by atoms with Crippen molar-refractivity contribution in [3.63, 3.8) is 0 Å². The Balaban J connectivity index is 5.87. The summed E-state index contributed by atoms with van der Waals surface area (Å²) in [4.78, 5) is 20.3. The van der Waals surface area contributed by atoms with Gasteiger partial charge in [0.15, 0.2) is 0 Å². The molecule has 124 valence electrons. The van der Waals surface area contributed by atoms with E-state index < -0.39 is 41.7 Å². The largest absolute Gasteiger partial charge is 0.460 e. The van der Waals surface area contributed by atoms with Gasteiger partial charge in [-0.05, 0) is 0 Å². The molecule has 0 amide bonds. The van der Waals surface area contributed by atoms with Crippen LogP contribution in [0.2, 0.25) is 0 Å². The Labute approximate surface area is 105 Å². The summed E-state index contributed by atoms with van der Waals surface area (Å²) in [5.74, 6) is -30.9. The Kier molecular flexibility index (Phi) is 4.42. The third-order valence-electron chi connectivity index (χ3n) is 1.86. The van der Waals surface area contributed by atoms with Gasteiger partial charge in [-0.1, -0.05) is 0 Å². The first-order valence-corrected chi connectivity index (χ1v) is 4.18. The molecular formula is C7F12O2. The molecule has 14 heteroatoms. The van der Waals surface area contributed by atoms with E-state index in [9.17, 15) is 62.3 Å². The molecule has 0 rings (SSSR count). The van der Waals surface area contributed by atoms with Gasteiger partial charge in [0.25, 0.3) is 5.78 Å². The highest BCUT2D eigenvalue weighted by atomic mass is 19.4. The van der Waals surface area contributed by atoms with E-state index >= 15 is 0 Å². The van der Waals surface area contributed by atoms with Gasteiger partial charge in [0, 0.05) is 0 Å². The molecular weight excluding hydrogens is 344 g/mol. The topological polar surface area (TPSA) is 34.1 Å². The summed E-state index contributed by atoms with van der Waals surface area (Å²) in [6.07, 6.45) is -13.9. The summed E-state index contributed by atoms with van der Waals surface area (Å²) < 4.78 is 144. The van der Waals surface area contributed by atoms with E-state index in [1.54, 1.807) is 0 Å². The minimum absolute atomic E-state index is 4.50. The second-order valence-corrected chi connectivity index (χ2v) is 3.38. The summed E-state index contributed by atoms with van der Waals surface area (Å²) in [6.45, 7) is 0. The summed E-state index contributed by atoms with van der Waals surface area (Å²) in [5.41, 5.74) is 0. The van der Waals surface area contributed by atoms with Crippen LogP contribution >= 0.6 is 0 Å². The maximum atomic E-state index is 12.5. The van der Waals surface area contributed by atoms with Crippen molar-refractivity contribution >= 4 is 11.6 Å². The zero-order valence-electron chi connectivity index (χ0n) is 8.85. The van der Waals surface area contributed by atoms with E-state index in [2.05, 4.69) is 0 Å². The second-order valence-electron chi connectivity index (χ2n) is 3.38. The van der Waals surface area contributed by atoms with Crippen LogP contribution in [0.3, 0.4) is 0 Å². The predicted molar refractivity (Wildman–Crippen MR) is 37.0 cm³/mol. The van der Waals surface area contributed by atoms with Crippen molar-refractivity contribution in [2.24, 2.45) is 0 Å². The minimum atomic E-state index is -7.41. The normalized spacial score (nSPS) is 15.0. The van der Waals surface area contributed by atoms with Crippen LogP contribution in [-0.4, -0.2) is 41.7 Å². The number of halogens is 12. The van der Waals surface area contributed by atoms with E-state index in [1.165, 1.54) is 0 Å².